The lowest BCUT2D eigenvalue weighted by atomic mass is 9.97. The van der Waals surface area contributed by atoms with Crippen LogP contribution in [0.25, 0.3) is 0 Å². The number of hydrogen-bond acceptors (Lipinski definition) is 5. The molecule has 5 heteroatoms. The number of aromatic nitrogens is 2. The van der Waals surface area contributed by atoms with E-state index in [-0.39, 0.29) is 5.41 Å². The van der Waals surface area contributed by atoms with Gasteiger partial charge in [0.05, 0.1) is 6.54 Å². The van der Waals surface area contributed by atoms with Gasteiger partial charge >= 0.3 is 0 Å². The molecule has 0 unspecified atom stereocenters. The van der Waals surface area contributed by atoms with Gasteiger partial charge in [-0.25, -0.2) is 0 Å². The van der Waals surface area contributed by atoms with Gasteiger partial charge in [0.25, 0.3) is 0 Å². The average Bonchev–Trinajstić information content (AvgIpc) is 2.62. The van der Waals surface area contributed by atoms with Crippen LogP contribution >= 0.6 is 0 Å². The molecule has 0 atom stereocenters. The summed E-state index contributed by atoms with van der Waals surface area (Å²) in [5.41, 5.74) is -0.0746. The molecule has 0 amide bonds. The molecule has 92 valence electrons. The van der Waals surface area contributed by atoms with E-state index in [1.807, 2.05) is 14.1 Å². The Labute approximate surface area is 97.2 Å². The van der Waals surface area contributed by atoms with Crippen LogP contribution in [0.2, 0.25) is 0 Å². The number of rotatable bonds is 5. The molecule has 0 aliphatic heterocycles. The molecule has 0 saturated heterocycles. The number of nitrogens with zero attached hydrogens (tertiary/aromatic N) is 3. The monoisotopic (exact) mass is 226 g/mol. The first-order valence-corrected chi connectivity index (χ1v) is 5.59. The normalized spacial score (nSPS) is 12.4. The lowest BCUT2D eigenvalue weighted by Gasteiger charge is -2.13. The highest BCUT2D eigenvalue weighted by atomic mass is 16.5. The molecule has 0 radical (unpaired) electrons. The Morgan fingerprint density at radius 1 is 1.38 bits per heavy atom. The van der Waals surface area contributed by atoms with Crippen LogP contribution in [0.1, 0.15) is 32.5 Å². The molecule has 1 rings (SSSR count). The molecule has 0 aliphatic rings. The Kier molecular flexibility index (Phi) is 4.44. The van der Waals surface area contributed by atoms with Crippen LogP contribution in [0.15, 0.2) is 4.52 Å². The molecule has 1 aromatic rings. The van der Waals surface area contributed by atoms with Gasteiger partial charge in [0.2, 0.25) is 5.89 Å². The predicted octanol–water partition coefficient (Wildman–Crippen LogP) is 1.02. The second-order valence-electron chi connectivity index (χ2n) is 5.11. The van der Waals surface area contributed by atoms with E-state index < -0.39 is 0 Å². The predicted molar refractivity (Wildman–Crippen MR) is 63.3 cm³/mol. The summed E-state index contributed by atoms with van der Waals surface area (Å²) < 4.78 is 5.23. The molecular formula is C11H22N4O. The first-order chi connectivity index (χ1) is 7.43. The summed E-state index contributed by atoms with van der Waals surface area (Å²) in [6.07, 6.45) is 0. The SMILES string of the molecule is CNCCN(C)Cc1noc(C(C)(C)C)n1. The first kappa shape index (κ1) is 13.1. The molecule has 16 heavy (non-hydrogen) atoms. The van der Waals surface area contributed by atoms with Crippen molar-refractivity contribution < 1.29 is 4.52 Å². The van der Waals surface area contributed by atoms with Crippen LogP contribution in [0.4, 0.5) is 0 Å². The van der Waals surface area contributed by atoms with Gasteiger partial charge in [0.15, 0.2) is 5.82 Å². The quantitative estimate of drug-likeness (QED) is 0.812. The van der Waals surface area contributed by atoms with E-state index in [0.717, 1.165) is 25.5 Å². The maximum Gasteiger partial charge on any atom is 0.232 e. The molecule has 0 spiro atoms. The lowest BCUT2D eigenvalue weighted by Crippen LogP contribution is -2.27. The highest BCUT2D eigenvalue weighted by Gasteiger charge is 2.21. The second kappa shape index (κ2) is 5.41. The summed E-state index contributed by atoms with van der Waals surface area (Å²) in [4.78, 5) is 6.55. The lowest BCUT2D eigenvalue weighted by molar-refractivity contribution is 0.297. The van der Waals surface area contributed by atoms with Crippen molar-refractivity contribution in [2.75, 3.05) is 27.2 Å². The molecule has 1 heterocycles. The smallest absolute Gasteiger partial charge is 0.232 e. The fraction of sp³-hybridized carbons (Fsp3) is 0.818. The van der Waals surface area contributed by atoms with Gasteiger partial charge < -0.3 is 9.84 Å². The molecule has 0 aliphatic carbocycles. The number of nitrogens with one attached hydrogen (secondary N) is 1. The highest BCUT2D eigenvalue weighted by molar-refractivity contribution is 4.98. The minimum Gasteiger partial charge on any atom is -0.339 e. The van der Waals surface area contributed by atoms with Crippen LogP contribution in [0.3, 0.4) is 0 Å². The third kappa shape index (κ3) is 3.90. The average molecular weight is 226 g/mol. The molecule has 0 fully saturated rings. The van der Waals surface area contributed by atoms with Crippen LogP contribution in [-0.4, -0.2) is 42.2 Å². The maximum atomic E-state index is 5.23. The number of likely N-dealkylation sites (N-methyl/N-ethyl adjacent to an activating group) is 2. The fourth-order valence-corrected chi connectivity index (χ4v) is 1.25. The van der Waals surface area contributed by atoms with Gasteiger partial charge in [0, 0.05) is 18.5 Å². The van der Waals surface area contributed by atoms with Crippen LogP contribution in [0.5, 0.6) is 0 Å². The van der Waals surface area contributed by atoms with Crippen molar-refractivity contribution >= 4 is 0 Å². The van der Waals surface area contributed by atoms with E-state index in [1.54, 1.807) is 0 Å². The van der Waals surface area contributed by atoms with Crippen molar-refractivity contribution in [3.63, 3.8) is 0 Å². The minimum atomic E-state index is -0.0746. The Morgan fingerprint density at radius 2 is 2.06 bits per heavy atom. The van der Waals surface area contributed by atoms with E-state index in [9.17, 15) is 0 Å². The van der Waals surface area contributed by atoms with Gasteiger partial charge in [-0.1, -0.05) is 25.9 Å². The minimum absolute atomic E-state index is 0.0746. The summed E-state index contributed by atoms with van der Waals surface area (Å²) in [6.45, 7) is 8.84. The van der Waals surface area contributed by atoms with Crippen molar-refractivity contribution in [2.45, 2.75) is 32.7 Å². The number of hydrogen-bond donors (Lipinski definition) is 1. The summed E-state index contributed by atoms with van der Waals surface area (Å²) in [7, 11) is 3.99. The molecule has 0 bridgehead atoms. The molecular weight excluding hydrogens is 204 g/mol. The Bertz CT molecular complexity index is 316. The van der Waals surface area contributed by atoms with E-state index in [4.69, 9.17) is 4.52 Å². The largest absolute Gasteiger partial charge is 0.339 e. The second-order valence-corrected chi connectivity index (χ2v) is 5.11. The summed E-state index contributed by atoms with van der Waals surface area (Å²) in [5, 5.41) is 7.09. The van der Waals surface area contributed by atoms with Gasteiger partial charge in [-0.05, 0) is 14.1 Å². The summed E-state index contributed by atoms with van der Waals surface area (Å²) in [6, 6.07) is 0. The molecule has 0 saturated carbocycles. The van der Waals surface area contributed by atoms with E-state index in [0.29, 0.717) is 5.89 Å². The third-order valence-corrected chi connectivity index (χ3v) is 2.26. The van der Waals surface area contributed by atoms with Gasteiger partial charge in [-0.15, -0.1) is 0 Å². The molecule has 1 N–H and O–H groups in total. The Morgan fingerprint density at radius 3 is 2.56 bits per heavy atom. The Balaban J connectivity index is 2.52. The topological polar surface area (TPSA) is 54.2 Å². The molecule has 1 aromatic heterocycles. The van der Waals surface area contributed by atoms with Crippen molar-refractivity contribution in [1.29, 1.82) is 0 Å². The zero-order chi connectivity index (χ0) is 12.2. The van der Waals surface area contributed by atoms with Crippen LogP contribution < -0.4 is 5.32 Å². The highest BCUT2D eigenvalue weighted by Crippen LogP contribution is 2.19. The van der Waals surface area contributed by atoms with Crippen LogP contribution in [-0.2, 0) is 12.0 Å². The summed E-state index contributed by atoms with van der Waals surface area (Å²) in [5.74, 6) is 1.45. The van der Waals surface area contributed by atoms with Crippen molar-refractivity contribution in [2.24, 2.45) is 0 Å². The fourth-order valence-electron chi connectivity index (χ4n) is 1.25. The van der Waals surface area contributed by atoms with Crippen LogP contribution in [0, 0.1) is 0 Å². The van der Waals surface area contributed by atoms with E-state index in [2.05, 4.69) is 41.1 Å². The van der Waals surface area contributed by atoms with Gasteiger partial charge in [-0.3, -0.25) is 4.90 Å². The maximum absolute atomic E-state index is 5.23. The van der Waals surface area contributed by atoms with E-state index in [1.165, 1.54) is 0 Å². The Hall–Kier alpha value is -0.940. The molecule has 5 nitrogen and oxygen atoms in total. The third-order valence-electron chi connectivity index (χ3n) is 2.26. The van der Waals surface area contributed by atoms with Crippen molar-refractivity contribution in [3.8, 4) is 0 Å². The first-order valence-electron chi connectivity index (χ1n) is 5.59. The summed E-state index contributed by atoms with van der Waals surface area (Å²) >= 11 is 0. The standard InChI is InChI=1S/C11H22N4O/c1-11(2,3)10-13-9(14-16-10)8-15(5)7-6-12-4/h12H,6-8H2,1-5H3. The van der Waals surface area contributed by atoms with Gasteiger partial charge in [0.1, 0.15) is 0 Å². The zero-order valence-corrected chi connectivity index (χ0v) is 10.9. The van der Waals surface area contributed by atoms with Crippen molar-refractivity contribution in [3.05, 3.63) is 11.7 Å². The molecule has 0 aromatic carbocycles. The van der Waals surface area contributed by atoms with Gasteiger partial charge in [-0.2, -0.15) is 4.98 Å². The van der Waals surface area contributed by atoms with Crippen molar-refractivity contribution in [1.82, 2.24) is 20.4 Å². The zero-order valence-electron chi connectivity index (χ0n) is 10.9. The van der Waals surface area contributed by atoms with E-state index >= 15 is 0 Å².